The lowest BCUT2D eigenvalue weighted by molar-refractivity contribution is -0.131. The molecule has 2 unspecified atom stereocenters. The van der Waals surface area contributed by atoms with Crippen molar-refractivity contribution in [1.29, 1.82) is 0 Å². The Morgan fingerprint density at radius 1 is 1.24 bits per heavy atom. The van der Waals surface area contributed by atoms with Crippen LogP contribution in [0.15, 0.2) is 30.3 Å². The highest BCUT2D eigenvalue weighted by Gasteiger charge is 2.42. The van der Waals surface area contributed by atoms with Crippen molar-refractivity contribution < 1.29 is 4.79 Å². The van der Waals surface area contributed by atoms with E-state index in [2.05, 4.69) is 29.3 Å². The number of nitrogens with zero attached hydrogens (tertiary/aromatic N) is 1. The molecule has 1 aromatic rings. The monoisotopic (exact) mass is 286 g/mol. The number of nitrogens with one attached hydrogen (secondary N) is 1. The molecule has 0 spiro atoms. The van der Waals surface area contributed by atoms with Gasteiger partial charge in [0.15, 0.2) is 0 Å². The van der Waals surface area contributed by atoms with Crippen molar-refractivity contribution in [3.63, 3.8) is 0 Å². The molecular formula is C18H26N2O. The van der Waals surface area contributed by atoms with Crippen LogP contribution in [-0.4, -0.2) is 23.4 Å². The maximum Gasteiger partial charge on any atom is 0.241 e. The van der Waals surface area contributed by atoms with E-state index in [1.807, 2.05) is 25.1 Å². The largest absolute Gasteiger partial charge is 0.321 e. The summed E-state index contributed by atoms with van der Waals surface area (Å²) in [6.45, 7) is 5.16. The van der Waals surface area contributed by atoms with Crippen LogP contribution >= 0.6 is 0 Å². The third kappa shape index (κ3) is 2.71. The Bertz CT molecular complexity index is 493. The summed E-state index contributed by atoms with van der Waals surface area (Å²) in [6, 6.07) is 10.3. The summed E-state index contributed by atoms with van der Waals surface area (Å²) in [7, 11) is 0. The van der Waals surface area contributed by atoms with Crippen LogP contribution in [-0.2, 0) is 4.79 Å². The molecule has 114 valence electrons. The molecule has 3 rings (SSSR count). The predicted octanol–water partition coefficient (Wildman–Crippen LogP) is 3.48. The van der Waals surface area contributed by atoms with E-state index in [4.69, 9.17) is 0 Å². The number of benzene rings is 1. The first-order chi connectivity index (χ1) is 10.2. The Morgan fingerprint density at radius 3 is 2.52 bits per heavy atom. The van der Waals surface area contributed by atoms with Gasteiger partial charge in [0.05, 0.1) is 6.04 Å². The summed E-state index contributed by atoms with van der Waals surface area (Å²) < 4.78 is 0. The van der Waals surface area contributed by atoms with Crippen LogP contribution in [0, 0.1) is 5.41 Å². The molecule has 3 nitrogen and oxygen atoms in total. The lowest BCUT2D eigenvalue weighted by Crippen LogP contribution is -2.39. The molecule has 0 aromatic heterocycles. The smallest absolute Gasteiger partial charge is 0.241 e. The van der Waals surface area contributed by atoms with E-state index in [1.54, 1.807) is 0 Å². The average molecular weight is 286 g/mol. The fourth-order valence-electron chi connectivity index (χ4n) is 3.96. The standard InChI is InChI=1S/C18H26N2O/c1-3-18(11-7-8-12-18)13-20-16(19-14(2)17(20)21)15-9-5-4-6-10-15/h4-6,9-10,14,16,19H,3,7-8,11-13H2,1-2H3. The Kier molecular flexibility index (Phi) is 4.03. The molecule has 0 radical (unpaired) electrons. The van der Waals surface area contributed by atoms with Gasteiger partial charge in [-0.2, -0.15) is 0 Å². The fraction of sp³-hybridized carbons (Fsp3) is 0.611. The summed E-state index contributed by atoms with van der Waals surface area (Å²) in [6.07, 6.45) is 6.38. The van der Waals surface area contributed by atoms with Crippen LogP contribution in [0.4, 0.5) is 0 Å². The Balaban J connectivity index is 1.85. The molecule has 1 aromatic carbocycles. The second-order valence-corrected chi connectivity index (χ2v) is 6.73. The van der Waals surface area contributed by atoms with Gasteiger partial charge >= 0.3 is 0 Å². The van der Waals surface area contributed by atoms with Crippen LogP contribution in [0.2, 0.25) is 0 Å². The lowest BCUT2D eigenvalue weighted by Gasteiger charge is -2.35. The maximum absolute atomic E-state index is 12.6. The van der Waals surface area contributed by atoms with E-state index in [9.17, 15) is 4.79 Å². The molecule has 2 aliphatic rings. The van der Waals surface area contributed by atoms with Gasteiger partial charge in [-0.1, -0.05) is 50.1 Å². The van der Waals surface area contributed by atoms with E-state index < -0.39 is 0 Å². The SMILES string of the molecule is CCC1(CN2C(=O)C(C)NC2c2ccccc2)CCCC1. The second kappa shape index (κ2) is 5.80. The van der Waals surface area contributed by atoms with Gasteiger partial charge in [0, 0.05) is 6.54 Å². The van der Waals surface area contributed by atoms with Crippen LogP contribution in [0.25, 0.3) is 0 Å². The average Bonchev–Trinajstić information content (AvgIpc) is 3.09. The fourth-order valence-corrected chi connectivity index (χ4v) is 3.96. The van der Waals surface area contributed by atoms with Crippen LogP contribution in [0.5, 0.6) is 0 Å². The first kappa shape index (κ1) is 14.6. The van der Waals surface area contributed by atoms with Gasteiger partial charge in [-0.25, -0.2) is 0 Å². The van der Waals surface area contributed by atoms with Crippen LogP contribution in [0.3, 0.4) is 0 Å². The Hall–Kier alpha value is -1.35. The molecule has 2 fully saturated rings. The van der Waals surface area contributed by atoms with Crippen molar-refractivity contribution in [1.82, 2.24) is 10.2 Å². The molecule has 21 heavy (non-hydrogen) atoms. The van der Waals surface area contributed by atoms with Crippen LogP contribution < -0.4 is 5.32 Å². The van der Waals surface area contributed by atoms with Gasteiger partial charge in [0.1, 0.15) is 6.17 Å². The van der Waals surface area contributed by atoms with Gasteiger partial charge in [0.25, 0.3) is 0 Å². The lowest BCUT2D eigenvalue weighted by atomic mass is 9.82. The van der Waals surface area contributed by atoms with Crippen molar-refractivity contribution in [3.05, 3.63) is 35.9 Å². The normalized spacial score (nSPS) is 28.3. The molecule has 3 heteroatoms. The minimum Gasteiger partial charge on any atom is -0.321 e. The van der Waals surface area contributed by atoms with E-state index >= 15 is 0 Å². The van der Waals surface area contributed by atoms with Gasteiger partial charge < -0.3 is 4.90 Å². The van der Waals surface area contributed by atoms with Crippen molar-refractivity contribution >= 4 is 5.91 Å². The van der Waals surface area contributed by atoms with E-state index in [1.165, 1.54) is 37.7 Å². The summed E-state index contributed by atoms with van der Waals surface area (Å²) in [4.78, 5) is 14.7. The third-order valence-electron chi connectivity index (χ3n) is 5.41. The predicted molar refractivity (Wildman–Crippen MR) is 84.7 cm³/mol. The second-order valence-electron chi connectivity index (χ2n) is 6.73. The summed E-state index contributed by atoms with van der Waals surface area (Å²) in [5, 5.41) is 3.46. The molecule has 1 aliphatic heterocycles. The number of amides is 1. The molecular weight excluding hydrogens is 260 g/mol. The summed E-state index contributed by atoms with van der Waals surface area (Å²) >= 11 is 0. The summed E-state index contributed by atoms with van der Waals surface area (Å²) in [5.74, 6) is 0.253. The summed E-state index contributed by atoms with van der Waals surface area (Å²) in [5.41, 5.74) is 1.54. The Labute approximate surface area is 127 Å². The molecule has 0 bridgehead atoms. The van der Waals surface area contributed by atoms with Crippen LogP contribution in [0.1, 0.15) is 57.7 Å². The zero-order valence-electron chi connectivity index (χ0n) is 13.1. The van der Waals surface area contributed by atoms with Crippen molar-refractivity contribution in [2.45, 2.75) is 58.2 Å². The molecule has 1 amide bonds. The molecule has 1 aliphatic carbocycles. The quantitative estimate of drug-likeness (QED) is 0.919. The highest BCUT2D eigenvalue weighted by Crippen LogP contribution is 2.43. The minimum atomic E-state index is -0.0782. The first-order valence-corrected chi connectivity index (χ1v) is 8.27. The number of hydrogen-bond acceptors (Lipinski definition) is 2. The zero-order valence-corrected chi connectivity index (χ0v) is 13.1. The molecule has 1 saturated carbocycles. The van der Waals surface area contributed by atoms with Gasteiger partial charge in [-0.15, -0.1) is 0 Å². The number of carbonyl (C=O) groups excluding carboxylic acids is 1. The van der Waals surface area contributed by atoms with Gasteiger partial charge in [-0.05, 0) is 37.2 Å². The van der Waals surface area contributed by atoms with Crippen molar-refractivity contribution in [3.8, 4) is 0 Å². The Morgan fingerprint density at radius 2 is 1.90 bits per heavy atom. The highest BCUT2D eigenvalue weighted by molar-refractivity contribution is 5.84. The van der Waals surface area contributed by atoms with Crippen molar-refractivity contribution in [2.24, 2.45) is 5.41 Å². The number of hydrogen-bond donors (Lipinski definition) is 1. The molecule has 2 atom stereocenters. The van der Waals surface area contributed by atoms with Crippen molar-refractivity contribution in [2.75, 3.05) is 6.54 Å². The maximum atomic E-state index is 12.6. The first-order valence-electron chi connectivity index (χ1n) is 8.27. The molecule has 1 saturated heterocycles. The highest BCUT2D eigenvalue weighted by atomic mass is 16.2. The van der Waals surface area contributed by atoms with E-state index in [0.29, 0.717) is 5.41 Å². The topological polar surface area (TPSA) is 32.3 Å². The number of rotatable bonds is 4. The number of carbonyl (C=O) groups is 1. The zero-order chi connectivity index (χ0) is 14.9. The third-order valence-corrected chi connectivity index (χ3v) is 5.41. The van der Waals surface area contributed by atoms with E-state index in [-0.39, 0.29) is 18.1 Å². The molecule has 1 N–H and O–H groups in total. The molecule has 1 heterocycles. The van der Waals surface area contributed by atoms with Gasteiger partial charge in [0.2, 0.25) is 5.91 Å². The van der Waals surface area contributed by atoms with E-state index in [0.717, 1.165) is 6.54 Å². The van der Waals surface area contributed by atoms with Gasteiger partial charge in [-0.3, -0.25) is 10.1 Å². The minimum absolute atomic E-state index is 0.0396.